The van der Waals surface area contributed by atoms with E-state index < -0.39 is 23.3 Å². The van der Waals surface area contributed by atoms with Gasteiger partial charge in [-0.2, -0.15) is 23.5 Å². The number of aromatic nitrogens is 6. The van der Waals surface area contributed by atoms with Crippen LogP contribution in [0.5, 0.6) is 5.88 Å². The third kappa shape index (κ3) is 5.16. The van der Waals surface area contributed by atoms with Gasteiger partial charge in [-0.05, 0) is 37.8 Å². The van der Waals surface area contributed by atoms with Crippen LogP contribution in [0.15, 0.2) is 43.1 Å². The van der Waals surface area contributed by atoms with Gasteiger partial charge in [-0.1, -0.05) is 0 Å². The van der Waals surface area contributed by atoms with Gasteiger partial charge in [0, 0.05) is 61.2 Å². The van der Waals surface area contributed by atoms with Crippen molar-refractivity contribution in [2.24, 2.45) is 0 Å². The number of pyridine rings is 1. The summed E-state index contributed by atoms with van der Waals surface area (Å²) in [5, 5.41) is 17.5. The molecule has 5 heterocycles. The standard InChI is InChI=1S/C28H28F3N9O2/c1-33-26(41)17-10-22(28(29,30)31)38-23(11-17)42-20-4-2-19(3-5-20)39-14-27(15-39,7-8-32)40-13-18(12-37-40)24-21-6-9-34-25(21)36-16-35-24/h6,9-13,16,19-20H,2-5,7,14-15H2,1H3,(H,33,41)(H,34,35,36)/t19-,20+. The highest BCUT2D eigenvalue weighted by Crippen LogP contribution is 2.39. The number of amides is 1. The van der Waals surface area contributed by atoms with Crippen molar-refractivity contribution < 1.29 is 22.7 Å². The van der Waals surface area contributed by atoms with Gasteiger partial charge in [-0.15, -0.1) is 0 Å². The second kappa shape index (κ2) is 10.7. The molecule has 2 aliphatic rings. The van der Waals surface area contributed by atoms with Crippen LogP contribution in [0.3, 0.4) is 0 Å². The van der Waals surface area contributed by atoms with E-state index in [4.69, 9.17) is 4.74 Å². The number of hydrogen-bond donors (Lipinski definition) is 2. The fourth-order valence-corrected chi connectivity index (χ4v) is 5.95. The molecular formula is C28H28F3N9O2. The summed E-state index contributed by atoms with van der Waals surface area (Å²) in [5.74, 6) is -0.854. The van der Waals surface area contributed by atoms with Gasteiger partial charge < -0.3 is 15.0 Å². The monoisotopic (exact) mass is 579 g/mol. The molecule has 0 unspecified atom stereocenters. The molecule has 2 N–H and O–H groups in total. The van der Waals surface area contributed by atoms with Crippen LogP contribution in [0.2, 0.25) is 0 Å². The van der Waals surface area contributed by atoms with E-state index in [1.165, 1.54) is 19.4 Å². The first kappa shape index (κ1) is 27.6. The maximum Gasteiger partial charge on any atom is 0.433 e. The SMILES string of the molecule is CNC(=O)c1cc(O[C@H]2CC[C@@H](N3CC(CC#N)(n4cc(-c5ncnc6[nH]ccc56)cn4)C3)CC2)nc(C(F)(F)F)c1. The molecule has 4 aromatic heterocycles. The van der Waals surface area contributed by atoms with Gasteiger partial charge in [0.25, 0.3) is 5.91 Å². The Morgan fingerprint density at radius 1 is 1.24 bits per heavy atom. The zero-order valence-corrected chi connectivity index (χ0v) is 22.7. The minimum Gasteiger partial charge on any atom is -0.474 e. The van der Waals surface area contributed by atoms with Crippen LogP contribution in [-0.2, 0) is 11.7 Å². The molecular weight excluding hydrogens is 551 g/mol. The van der Waals surface area contributed by atoms with Crippen molar-refractivity contribution in [3.8, 4) is 23.2 Å². The van der Waals surface area contributed by atoms with Gasteiger partial charge in [0.1, 0.15) is 29.3 Å². The minimum absolute atomic E-state index is 0.156. The molecule has 1 saturated heterocycles. The molecule has 0 aromatic carbocycles. The molecule has 218 valence electrons. The topological polar surface area (TPSA) is 138 Å². The molecule has 1 aliphatic heterocycles. The lowest BCUT2D eigenvalue weighted by molar-refractivity contribution is -0.141. The number of likely N-dealkylation sites (tertiary alicyclic amines) is 1. The van der Waals surface area contributed by atoms with E-state index in [2.05, 4.69) is 41.3 Å². The van der Waals surface area contributed by atoms with Crippen molar-refractivity contribution in [2.45, 2.75) is 56.0 Å². The molecule has 1 saturated carbocycles. The Hall–Kier alpha value is -4.51. The first-order valence-electron chi connectivity index (χ1n) is 13.6. The van der Waals surface area contributed by atoms with Crippen molar-refractivity contribution in [1.82, 2.24) is 39.9 Å². The first-order valence-corrected chi connectivity index (χ1v) is 13.6. The van der Waals surface area contributed by atoms with E-state index in [0.29, 0.717) is 32.4 Å². The normalized spacial score (nSPS) is 20.5. The Morgan fingerprint density at radius 3 is 2.74 bits per heavy atom. The van der Waals surface area contributed by atoms with Crippen LogP contribution in [0.25, 0.3) is 22.3 Å². The van der Waals surface area contributed by atoms with Crippen LogP contribution in [0.4, 0.5) is 13.2 Å². The maximum absolute atomic E-state index is 13.4. The molecule has 1 amide bonds. The third-order valence-electron chi connectivity index (χ3n) is 8.13. The molecule has 0 atom stereocenters. The number of ether oxygens (including phenoxy) is 1. The Kier molecular flexibility index (Phi) is 7.05. The quantitative estimate of drug-likeness (QED) is 0.336. The molecule has 14 heteroatoms. The fourth-order valence-electron chi connectivity index (χ4n) is 5.95. The van der Waals surface area contributed by atoms with Crippen LogP contribution < -0.4 is 10.1 Å². The van der Waals surface area contributed by atoms with Crippen molar-refractivity contribution in [1.29, 1.82) is 5.26 Å². The fraction of sp³-hybridized carbons (Fsp3) is 0.429. The largest absolute Gasteiger partial charge is 0.474 e. The molecule has 1 aliphatic carbocycles. The number of hydrogen-bond acceptors (Lipinski definition) is 8. The number of carbonyl (C=O) groups is 1. The summed E-state index contributed by atoms with van der Waals surface area (Å²) in [6.07, 6.45) is 5.13. The summed E-state index contributed by atoms with van der Waals surface area (Å²) in [6.45, 7) is 1.32. The van der Waals surface area contributed by atoms with E-state index in [9.17, 15) is 23.2 Å². The highest BCUT2D eigenvalue weighted by Gasteiger charge is 2.48. The number of alkyl halides is 3. The maximum atomic E-state index is 13.4. The summed E-state index contributed by atoms with van der Waals surface area (Å²) < 4.78 is 47.8. The van der Waals surface area contributed by atoms with Crippen molar-refractivity contribution in [2.75, 3.05) is 20.1 Å². The van der Waals surface area contributed by atoms with Gasteiger partial charge >= 0.3 is 6.18 Å². The summed E-state index contributed by atoms with van der Waals surface area (Å²) in [4.78, 5) is 29.7. The van der Waals surface area contributed by atoms with Gasteiger partial charge in [-0.3, -0.25) is 14.4 Å². The number of nitriles is 1. The van der Waals surface area contributed by atoms with E-state index in [0.717, 1.165) is 41.2 Å². The van der Waals surface area contributed by atoms with Crippen LogP contribution in [0.1, 0.15) is 48.2 Å². The highest BCUT2D eigenvalue weighted by atomic mass is 19.4. The van der Waals surface area contributed by atoms with Crippen molar-refractivity contribution in [3.05, 3.63) is 54.4 Å². The van der Waals surface area contributed by atoms with Crippen molar-refractivity contribution >= 4 is 16.9 Å². The number of halogens is 3. The second-order valence-corrected chi connectivity index (χ2v) is 10.8. The third-order valence-corrected chi connectivity index (χ3v) is 8.13. The predicted octanol–water partition coefficient (Wildman–Crippen LogP) is 3.91. The lowest BCUT2D eigenvalue weighted by atomic mass is 9.82. The molecule has 6 rings (SSSR count). The summed E-state index contributed by atoms with van der Waals surface area (Å²) in [7, 11) is 1.35. The highest BCUT2D eigenvalue weighted by molar-refractivity contribution is 5.94. The van der Waals surface area contributed by atoms with Gasteiger partial charge in [0.05, 0.1) is 24.4 Å². The van der Waals surface area contributed by atoms with Crippen LogP contribution in [-0.4, -0.2) is 72.8 Å². The average molecular weight is 580 g/mol. The molecule has 0 spiro atoms. The second-order valence-electron chi connectivity index (χ2n) is 10.8. The first-order chi connectivity index (χ1) is 20.2. The van der Waals surface area contributed by atoms with Crippen LogP contribution >= 0.6 is 0 Å². The van der Waals surface area contributed by atoms with Crippen molar-refractivity contribution in [3.63, 3.8) is 0 Å². The predicted molar refractivity (Wildman–Crippen MR) is 144 cm³/mol. The van der Waals surface area contributed by atoms with Gasteiger partial charge in [0.15, 0.2) is 0 Å². The molecule has 2 fully saturated rings. The van der Waals surface area contributed by atoms with Gasteiger partial charge in [-0.25, -0.2) is 15.0 Å². The van der Waals surface area contributed by atoms with E-state index in [-0.39, 0.29) is 23.6 Å². The summed E-state index contributed by atoms with van der Waals surface area (Å²) >= 11 is 0. The van der Waals surface area contributed by atoms with E-state index >= 15 is 0 Å². The summed E-state index contributed by atoms with van der Waals surface area (Å²) in [5.41, 5.74) is 0.579. The van der Waals surface area contributed by atoms with E-state index in [1.807, 2.05) is 23.1 Å². The molecule has 4 aromatic rings. The zero-order chi connectivity index (χ0) is 29.5. The smallest absolute Gasteiger partial charge is 0.433 e. The molecule has 0 bridgehead atoms. The number of nitrogens with one attached hydrogen (secondary N) is 2. The Labute approximate surface area is 238 Å². The minimum atomic E-state index is -4.70. The number of H-pyrrole nitrogens is 1. The number of fused-ring (bicyclic) bond motifs is 1. The Morgan fingerprint density at radius 2 is 2.02 bits per heavy atom. The molecule has 42 heavy (non-hydrogen) atoms. The van der Waals surface area contributed by atoms with Crippen LogP contribution in [0, 0.1) is 11.3 Å². The zero-order valence-electron chi connectivity index (χ0n) is 22.7. The lowest BCUT2D eigenvalue weighted by Crippen LogP contribution is -2.65. The number of carbonyl (C=O) groups excluding carboxylic acids is 1. The number of nitrogens with zero attached hydrogens (tertiary/aromatic N) is 7. The average Bonchev–Trinajstić information content (AvgIpc) is 3.65. The number of aromatic amines is 1. The Bertz CT molecular complexity index is 1640. The lowest BCUT2D eigenvalue weighted by Gasteiger charge is -2.53. The van der Waals surface area contributed by atoms with E-state index in [1.54, 1.807) is 6.20 Å². The molecule has 0 radical (unpaired) electrons. The number of rotatable bonds is 7. The Balaban J connectivity index is 1.10. The summed E-state index contributed by atoms with van der Waals surface area (Å²) in [6, 6.07) is 6.45. The van der Waals surface area contributed by atoms with Gasteiger partial charge in [0.2, 0.25) is 5.88 Å². The molecule has 11 nitrogen and oxygen atoms in total.